The number of aromatic nitrogens is 4. The molecule has 3 aromatic rings. The van der Waals surface area contributed by atoms with E-state index in [1.54, 1.807) is 24.7 Å². The monoisotopic (exact) mass is 539 g/mol. The second-order valence-corrected chi connectivity index (χ2v) is 11.0. The van der Waals surface area contributed by atoms with E-state index in [-0.39, 0.29) is 38.2 Å². The Kier molecular flexibility index (Phi) is 11.6. The summed E-state index contributed by atoms with van der Waals surface area (Å²) in [5, 5.41) is 9.75. The van der Waals surface area contributed by atoms with Gasteiger partial charge in [0.15, 0.2) is 5.65 Å². The minimum Gasteiger partial charge on any atom is -0.396 e. The van der Waals surface area contributed by atoms with Gasteiger partial charge in [-0.1, -0.05) is 30.3 Å². The summed E-state index contributed by atoms with van der Waals surface area (Å²) in [5.74, 6) is 0.580. The van der Waals surface area contributed by atoms with Crippen molar-refractivity contribution < 1.29 is 28.2 Å². The number of thioether (sulfide) groups is 1. The number of hydrogen-bond donors (Lipinski definition) is 2. The number of aliphatic hydroxyl groups excluding tert-OH is 1. The molecule has 11 nitrogen and oxygen atoms in total. The molecule has 13 heteroatoms. The minimum atomic E-state index is -3.23. The van der Waals surface area contributed by atoms with Crippen molar-refractivity contribution in [3.05, 3.63) is 42.2 Å². The molecule has 0 aliphatic carbocycles. The predicted octanol–water partition coefficient (Wildman–Crippen LogP) is 3.71. The van der Waals surface area contributed by atoms with E-state index in [1.165, 1.54) is 11.8 Å². The van der Waals surface area contributed by atoms with E-state index in [1.807, 2.05) is 30.3 Å². The van der Waals surface area contributed by atoms with E-state index in [0.29, 0.717) is 48.2 Å². The van der Waals surface area contributed by atoms with Crippen molar-refractivity contribution in [3.63, 3.8) is 0 Å². The van der Waals surface area contributed by atoms with E-state index in [2.05, 4.69) is 15.0 Å². The summed E-state index contributed by atoms with van der Waals surface area (Å²) in [7, 11) is -3.23. The van der Waals surface area contributed by atoms with Crippen molar-refractivity contribution in [3.8, 4) is 0 Å². The van der Waals surface area contributed by atoms with Gasteiger partial charge in [0, 0.05) is 5.75 Å². The molecule has 0 aliphatic heterocycles. The maximum absolute atomic E-state index is 13.0. The Balaban J connectivity index is 1.70. The molecule has 2 aromatic heterocycles. The maximum Gasteiger partial charge on any atom is 0.330 e. The molecular weight excluding hydrogens is 505 g/mol. The second kappa shape index (κ2) is 14.6. The highest BCUT2D eigenvalue weighted by Crippen LogP contribution is 2.48. The highest BCUT2D eigenvalue weighted by molar-refractivity contribution is 7.99. The Bertz CT molecular complexity index is 1110. The third-order valence-corrected chi connectivity index (χ3v) is 8.07. The van der Waals surface area contributed by atoms with Crippen LogP contribution in [0.4, 0.5) is 5.95 Å². The van der Waals surface area contributed by atoms with Crippen LogP contribution < -0.4 is 5.73 Å². The predicted molar refractivity (Wildman–Crippen MR) is 139 cm³/mol. The zero-order valence-corrected chi connectivity index (χ0v) is 22.3. The Hall–Kier alpha value is -2.05. The zero-order valence-electron chi connectivity index (χ0n) is 20.6. The summed E-state index contributed by atoms with van der Waals surface area (Å²) in [5.41, 5.74) is 8.06. The van der Waals surface area contributed by atoms with Crippen LogP contribution in [0.15, 0.2) is 41.7 Å². The standard InChI is InChI=1S/C23H34N5O6PS/c1-3-33-35(30,34-4-2)12-10-19(15-31-14-18-8-6-5-7-9-18)32-17-28-16-25-20-21(28)26-23(24)27-22(20)36-13-11-29/h5-9,16,19,29H,3-4,10-15,17H2,1-2H3,(H2,24,26,27)/t19-/m1/s1. The van der Waals surface area contributed by atoms with E-state index in [0.717, 1.165) is 5.56 Å². The molecule has 0 amide bonds. The number of anilines is 1. The minimum absolute atomic E-state index is 0.0118. The van der Waals surface area contributed by atoms with Crippen LogP contribution in [0.5, 0.6) is 0 Å². The van der Waals surface area contributed by atoms with Gasteiger partial charge in [-0.05, 0) is 25.8 Å². The van der Waals surface area contributed by atoms with Crippen LogP contribution in [-0.4, -0.2) is 69.1 Å². The number of fused-ring (bicyclic) bond motifs is 1. The third-order valence-electron chi connectivity index (χ3n) is 5.02. The first-order valence-electron chi connectivity index (χ1n) is 11.8. The summed E-state index contributed by atoms with van der Waals surface area (Å²) >= 11 is 1.35. The van der Waals surface area contributed by atoms with Gasteiger partial charge in [0.2, 0.25) is 5.95 Å². The molecule has 1 atom stereocenters. The molecular formula is C23H34N5O6PS. The Morgan fingerprint density at radius 1 is 1.17 bits per heavy atom. The van der Waals surface area contributed by atoms with Gasteiger partial charge in [-0.15, -0.1) is 11.8 Å². The van der Waals surface area contributed by atoms with Crippen molar-refractivity contribution in [1.29, 1.82) is 0 Å². The van der Waals surface area contributed by atoms with E-state index in [4.69, 9.17) is 29.4 Å². The molecule has 0 spiro atoms. The summed E-state index contributed by atoms with van der Waals surface area (Å²) < 4.78 is 37.6. The lowest BCUT2D eigenvalue weighted by Gasteiger charge is -2.22. The van der Waals surface area contributed by atoms with Crippen LogP contribution in [0.25, 0.3) is 11.2 Å². The van der Waals surface area contributed by atoms with Gasteiger partial charge in [0.25, 0.3) is 0 Å². The highest BCUT2D eigenvalue weighted by atomic mass is 32.2. The number of ether oxygens (including phenoxy) is 2. The van der Waals surface area contributed by atoms with E-state index < -0.39 is 7.60 Å². The quantitative estimate of drug-likeness (QED) is 0.147. The number of nitrogen functional groups attached to an aromatic ring is 1. The van der Waals surface area contributed by atoms with Gasteiger partial charge in [-0.2, -0.15) is 4.98 Å². The van der Waals surface area contributed by atoms with Gasteiger partial charge in [-0.3, -0.25) is 9.13 Å². The van der Waals surface area contributed by atoms with Crippen LogP contribution in [-0.2, 0) is 36.4 Å². The molecule has 0 fully saturated rings. The van der Waals surface area contributed by atoms with Crippen LogP contribution >= 0.6 is 19.4 Å². The lowest BCUT2D eigenvalue weighted by atomic mass is 10.2. The number of benzene rings is 1. The zero-order chi connectivity index (χ0) is 25.8. The van der Waals surface area contributed by atoms with Gasteiger partial charge in [0.05, 0.1) is 51.6 Å². The smallest absolute Gasteiger partial charge is 0.330 e. The Labute approximate surface area is 215 Å². The molecule has 0 aliphatic rings. The fraction of sp³-hybridized carbons (Fsp3) is 0.522. The summed E-state index contributed by atoms with van der Waals surface area (Å²) in [6.45, 7) is 5.02. The highest BCUT2D eigenvalue weighted by Gasteiger charge is 2.26. The molecule has 0 unspecified atom stereocenters. The number of imidazole rings is 1. The van der Waals surface area contributed by atoms with Crippen molar-refractivity contribution in [2.24, 2.45) is 0 Å². The van der Waals surface area contributed by atoms with E-state index >= 15 is 0 Å². The number of aliphatic hydroxyl groups is 1. The van der Waals surface area contributed by atoms with Crippen LogP contribution in [0.1, 0.15) is 25.8 Å². The lowest BCUT2D eigenvalue weighted by molar-refractivity contribution is -0.0493. The molecule has 2 heterocycles. The number of rotatable bonds is 17. The van der Waals surface area contributed by atoms with Crippen molar-refractivity contribution >= 4 is 36.5 Å². The largest absolute Gasteiger partial charge is 0.396 e. The molecule has 198 valence electrons. The van der Waals surface area contributed by atoms with Gasteiger partial charge >= 0.3 is 7.60 Å². The fourth-order valence-corrected chi connectivity index (χ4v) is 5.86. The van der Waals surface area contributed by atoms with Gasteiger partial charge in [-0.25, -0.2) is 9.97 Å². The van der Waals surface area contributed by atoms with Crippen molar-refractivity contribution in [1.82, 2.24) is 19.5 Å². The number of nitrogens with zero attached hydrogens (tertiary/aromatic N) is 4. The van der Waals surface area contributed by atoms with Crippen molar-refractivity contribution in [2.45, 2.75) is 44.7 Å². The average molecular weight is 540 g/mol. The second-order valence-electron chi connectivity index (χ2n) is 7.72. The molecule has 0 radical (unpaired) electrons. The van der Waals surface area contributed by atoms with Gasteiger partial charge in [0.1, 0.15) is 17.3 Å². The molecule has 0 saturated carbocycles. The molecule has 3 N–H and O–H groups in total. The van der Waals surface area contributed by atoms with Crippen LogP contribution in [0.3, 0.4) is 0 Å². The average Bonchev–Trinajstić information content (AvgIpc) is 3.27. The normalized spacial score (nSPS) is 12.9. The lowest BCUT2D eigenvalue weighted by Crippen LogP contribution is -2.23. The van der Waals surface area contributed by atoms with Crippen molar-refractivity contribution in [2.75, 3.05) is 44.1 Å². The summed E-state index contributed by atoms with van der Waals surface area (Å²) in [4.78, 5) is 13.0. The third kappa shape index (κ3) is 8.52. The SMILES string of the molecule is CCOP(=O)(CC[C@H](COCc1ccccc1)OCn1cnc2c(SCCO)nc(N)nc21)OCC. The number of hydrogen-bond acceptors (Lipinski definition) is 11. The number of nitrogens with two attached hydrogens (primary N) is 1. The topological polar surface area (TPSA) is 144 Å². The first-order valence-corrected chi connectivity index (χ1v) is 14.5. The molecule has 0 saturated heterocycles. The summed E-state index contributed by atoms with van der Waals surface area (Å²) in [6.07, 6.45) is 1.83. The first-order chi connectivity index (χ1) is 17.5. The molecule has 0 bridgehead atoms. The van der Waals surface area contributed by atoms with Crippen LogP contribution in [0.2, 0.25) is 0 Å². The van der Waals surface area contributed by atoms with E-state index in [9.17, 15) is 4.57 Å². The first kappa shape index (κ1) is 28.5. The van der Waals surface area contributed by atoms with Gasteiger partial charge < -0.3 is 29.4 Å². The molecule has 1 aromatic carbocycles. The Morgan fingerprint density at radius 2 is 1.92 bits per heavy atom. The fourth-order valence-electron chi connectivity index (χ4n) is 3.42. The van der Waals surface area contributed by atoms with Crippen LogP contribution in [0, 0.1) is 0 Å². The molecule has 36 heavy (non-hydrogen) atoms. The molecule has 3 rings (SSSR count). The Morgan fingerprint density at radius 3 is 2.61 bits per heavy atom. The maximum atomic E-state index is 13.0. The summed E-state index contributed by atoms with van der Waals surface area (Å²) in [6, 6.07) is 9.84.